The number of hydrogen-bond acceptors (Lipinski definition) is 4. The van der Waals surface area contributed by atoms with Crippen LogP contribution in [0.15, 0.2) is 29.3 Å². The summed E-state index contributed by atoms with van der Waals surface area (Å²) >= 11 is 13.4. The van der Waals surface area contributed by atoms with Crippen molar-refractivity contribution in [1.29, 1.82) is 0 Å². The van der Waals surface area contributed by atoms with Gasteiger partial charge in [0, 0.05) is 15.6 Å². The molecule has 0 spiro atoms. The summed E-state index contributed by atoms with van der Waals surface area (Å²) in [6.07, 6.45) is 1.42. The van der Waals surface area contributed by atoms with Crippen LogP contribution in [-0.4, -0.2) is 15.5 Å². The van der Waals surface area contributed by atoms with Gasteiger partial charge in [-0.2, -0.15) is 0 Å². The molecule has 0 radical (unpaired) electrons. The topological polar surface area (TPSA) is 78.0 Å². The number of nitrogens with zero attached hydrogens (tertiary/aromatic N) is 2. The van der Waals surface area contributed by atoms with Gasteiger partial charge in [-0.25, -0.2) is 4.98 Å². The highest BCUT2D eigenvalue weighted by atomic mass is 35.5. The van der Waals surface area contributed by atoms with Crippen molar-refractivity contribution < 1.29 is 4.79 Å². The van der Waals surface area contributed by atoms with Crippen molar-refractivity contribution in [2.45, 2.75) is 13.5 Å². The molecule has 0 fully saturated rings. The lowest BCUT2D eigenvalue weighted by Crippen LogP contribution is -2.21. The van der Waals surface area contributed by atoms with Crippen LogP contribution in [0.3, 0.4) is 0 Å². The molecule has 0 unspecified atom stereocenters. The monoisotopic (exact) mass is 367 g/mol. The molecule has 0 aliphatic heterocycles. The number of fused-ring (bicyclic) bond motifs is 1. The summed E-state index contributed by atoms with van der Waals surface area (Å²) in [4.78, 5) is 29.2. The number of nitrogens with two attached hydrogens (primary N) is 1. The molecular formula is C15H11Cl2N3O2S. The van der Waals surface area contributed by atoms with Gasteiger partial charge in [0.15, 0.2) is 0 Å². The SMILES string of the molecule is Cc1c(C(N)=O)sc2ncn(Cc3c(Cl)cccc3Cl)c(=O)c12. The van der Waals surface area contributed by atoms with Crippen molar-refractivity contribution in [3.8, 4) is 0 Å². The highest BCUT2D eigenvalue weighted by Crippen LogP contribution is 2.27. The summed E-state index contributed by atoms with van der Waals surface area (Å²) in [6.45, 7) is 1.89. The number of aryl methyl sites for hydroxylation is 1. The van der Waals surface area contributed by atoms with Gasteiger partial charge in [-0.05, 0) is 24.6 Å². The Kier molecular flexibility index (Phi) is 4.14. The zero-order valence-corrected chi connectivity index (χ0v) is 14.3. The number of carbonyl (C=O) groups excluding carboxylic acids is 1. The highest BCUT2D eigenvalue weighted by molar-refractivity contribution is 7.20. The lowest BCUT2D eigenvalue weighted by Gasteiger charge is -2.09. The Bertz CT molecular complexity index is 974. The first kappa shape index (κ1) is 16.0. The molecule has 0 saturated heterocycles. The van der Waals surface area contributed by atoms with Crippen LogP contribution in [0, 0.1) is 6.92 Å². The molecule has 0 atom stereocenters. The number of halogens is 2. The Morgan fingerprint density at radius 3 is 2.61 bits per heavy atom. The van der Waals surface area contributed by atoms with Crippen molar-refractivity contribution >= 4 is 50.7 Å². The Morgan fingerprint density at radius 1 is 1.35 bits per heavy atom. The van der Waals surface area contributed by atoms with Crippen LogP contribution in [0.2, 0.25) is 10.0 Å². The lowest BCUT2D eigenvalue weighted by atomic mass is 10.2. The van der Waals surface area contributed by atoms with Gasteiger partial charge in [-0.1, -0.05) is 29.3 Å². The van der Waals surface area contributed by atoms with E-state index in [4.69, 9.17) is 28.9 Å². The minimum atomic E-state index is -0.564. The molecule has 2 N–H and O–H groups in total. The number of carbonyl (C=O) groups is 1. The van der Waals surface area contributed by atoms with E-state index < -0.39 is 5.91 Å². The van der Waals surface area contributed by atoms with Crippen molar-refractivity contribution in [1.82, 2.24) is 9.55 Å². The fourth-order valence-corrected chi connectivity index (χ4v) is 3.87. The zero-order chi connectivity index (χ0) is 16.7. The van der Waals surface area contributed by atoms with Crippen LogP contribution in [0.1, 0.15) is 20.8 Å². The van der Waals surface area contributed by atoms with Crippen molar-refractivity contribution in [2.24, 2.45) is 5.73 Å². The molecular weight excluding hydrogens is 357 g/mol. The van der Waals surface area contributed by atoms with E-state index in [2.05, 4.69) is 4.98 Å². The van der Waals surface area contributed by atoms with Crippen LogP contribution in [0.4, 0.5) is 0 Å². The van der Waals surface area contributed by atoms with Gasteiger partial charge < -0.3 is 5.73 Å². The molecule has 8 heteroatoms. The third kappa shape index (κ3) is 2.73. The number of thiophene rings is 1. The molecule has 1 amide bonds. The first-order chi connectivity index (χ1) is 10.9. The fourth-order valence-electron chi connectivity index (χ4n) is 2.36. The predicted molar refractivity (Wildman–Crippen MR) is 92.7 cm³/mol. The van der Waals surface area contributed by atoms with Crippen molar-refractivity contribution in [3.63, 3.8) is 0 Å². The van der Waals surface area contributed by atoms with Gasteiger partial charge in [0.1, 0.15) is 4.83 Å². The fraction of sp³-hybridized carbons (Fsp3) is 0.133. The maximum atomic E-state index is 12.7. The third-order valence-corrected chi connectivity index (χ3v) is 5.45. The number of amides is 1. The van der Waals surface area contributed by atoms with Crippen LogP contribution in [-0.2, 0) is 6.54 Å². The molecule has 0 saturated carbocycles. The van der Waals surface area contributed by atoms with Gasteiger partial charge >= 0.3 is 0 Å². The van der Waals surface area contributed by atoms with Gasteiger partial charge in [0.2, 0.25) is 0 Å². The molecule has 23 heavy (non-hydrogen) atoms. The standard InChI is InChI=1S/C15H11Cl2N3O2S/c1-7-11-14(23-12(7)13(18)21)19-6-20(15(11)22)5-8-9(16)3-2-4-10(8)17/h2-4,6H,5H2,1H3,(H2,18,21). The summed E-state index contributed by atoms with van der Waals surface area (Å²) in [5, 5.41) is 1.35. The van der Waals surface area contributed by atoms with Crippen molar-refractivity contribution in [3.05, 3.63) is 60.9 Å². The molecule has 2 heterocycles. The maximum absolute atomic E-state index is 12.7. The Labute approximate surface area is 145 Å². The van der Waals surface area contributed by atoms with Crippen LogP contribution in [0.25, 0.3) is 10.2 Å². The van der Waals surface area contributed by atoms with Crippen molar-refractivity contribution in [2.75, 3.05) is 0 Å². The first-order valence-corrected chi connectivity index (χ1v) is 8.18. The Morgan fingerprint density at radius 2 is 2.00 bits per heavy atom. The molecule has 0 bridgehead atoms. The Hall–Kier alpha value is -1.89. The smallest absolute Gasteiger partial charge is 0.262 e. The quantitative estimate of drug-likeness (QED) is 0.771. The second-order valence-electron chi connectivity index (χ2n) is 4.98. The van der Waals surface area contributed by atoms with E-state index in [1.54, 1.807) is 25.1 Å². The van der Waals surface area contributed by atoms with E-state index in [1.807, 2.05) is 0 Å². The minimum absolute atomic E-state index is 0.196. The second-order valence-corrected chi connectivity index (χ2v) is 6.79. The average molecular weight is 368 g/mol. The largest absolute Gasteiger partial charge is 0.365 e. The number of primary amides is 1. The summed E-state index contributed by atoms with van der Waals surface area (Å²) in [7, 11) is 0. The van der Waals surface area contributed by atoms with Gasteiger partial charge in [-0.15, -0.1) is 11.3 Å². The average Bonchev–Trinajstić information content (AvgIpc) is 2.83. The molecule has 1 aromatic carbocycles. The van der Waals surface area contributed by atoms with Gasteiger partial charge in [0.05, 0.1) is 23.1 Å². The lowest BCUT2D eigenvalue weighted by molar-refractivity contribution is 0.100. The summed E-state index contributed by atoms with van der Waals surface area (Å²) in [6, 6.07) is 5.15. The summed E-state index contributed by atoms with van der Waals surface area (Å²) in [5.41, 5.74) is 6.26. The van der Waals surface area contributed by atoms with E-state index in [1.165, 1.54) is 10.9 Å². The molecule has 3 aromatic rings. The molecule has 0 aliphatic rings. The van der Waals surface area contributed by atoms with Gasteiger partial charge in [-0.3, -0.25) is 14.2 Å². The number of aromatic nitrogens is 2. The number of rotatable bonds is 3. The third-order valence-electron chi connectivity index (χ3n) is 3.53. The number of benzene rings is 1. The molecule has 2 aromatic heterocycles. The van der Waals surface area contributed by atoms with Gasteiger partial charge in [0.25, 0.3) is 11.5 Å². The second kappa shape index (κ2) is 5.96. The number of hydrogen-bond donors (Lipinski definition) is 1. The molecule has 5 nitrogen and oxygen atoms in total. The summed E-state index contributed by atoms with van der Waals surface area (Å²) < 4.78 is 1.42. The van der Waals surface area contributed by atoms with E-state index in [9.17, 15) is 9.59 Å². The Balaban J connectivity index is 2.17. The van der Waals surface area contributed by atoms with E-state index in [0.29, 0.717) is 36.3 Å². The van der Waals surface area contributed by atoms with Crippen LogP contribution < -0.4 is 11.3 Å². The predicted octanol–water partition coefficient (Wildman–Crippen LogP) is 3.22. The normalized spacial score (nSPS) is 11.1. The first-order valence-electron chi connectivity index (χ1n) is 6.61. The van der Waals surface area contributed by atoms with E-state index in [-0.39, 0.29) is 12.1 Å². The van der Waals surface area contributed by atoms with E-state index >= 15 is 0 Å². The molecule has 0 aliphatic carbocycles. The maximum Gasteiger partial charge on any atom is 0.262 e. The minimum Gasteiger partial charge on any atom is -0.365 e. The van der Waals surface area contributed by atoms with Crippen LogP contribution in [0.5, 0.6) is 0 Å². The molecule has 3 rings (SSSR count). The molecule has 118 valence electrons. The van der Waals surface area contributed by atoms with E-state index in [0.717, 1.165) is 11.3 Å². The van der Waals surface area contributed by atoms with Crippen LogP contribution >= 0.6 is 34.5 Å². The zero-order valence-electron chi connectivity index (χ0n) is 12.0. The highest BCUT2D eigenvalue weighted by Gasteiger charge is 2.18. The summed E-state index contributed by atoms with van der Waals surface area (Å²) in [5.74, 6) is -0.564.